The van der Waals surface area contributed by atoms with Gasteiger partial charge in [-0.15, -0.1) is 0 Å². The summed E-state index contributed by atoms with van der Waals surface area (Å²) in [6.45, 7) is 4.12. The largest absolute Gasteiger partial charge is 0.491 e. The van der Waals surface area contributed by atoms with Crippen molar-refractivity contribution >= 4 is 23.6 Å². The number of fused-ring (bicyclic) bond motifs is 1. The van der Waals surface area contributed by atoms with Gasteiger partial charge in [-0.2, -0.15) is 0 Å². The number of ether oxygens (including phenoxy) is 1. The van der Waals surface area contributed by atoms with Gasteiger partial charge in [0.15, 0.2) is 0 Å². The van der Waals surface area contributed by atoms with Crippen molar-refractivity contribution in [3.63, 3.8) is 0 Å². The van der Waals surface area contributed by atoms with Gasteiger partial charge < -0.3 is 30.5 Å². The molecule has 0 aliphatic carbocycles. The Labute approximate surface area is 241 Å². The first-order valence-corrected chi connectivity index (χ1v) is 14.5. The number of para-hydroxylation sites is 1. The number of nitrogens with one attached hydrogen (secondary N) is 3. The SMILES string of the molecule is CN1CCOc2ccccc2C(=O)N[C@H](C(=O)NCCCCN2CCCC2)CC(=O)N[C@@H](Cc2ccccc2)C1=O. The summed E-state index contributed by atoms with van der Waals surface area (Å²) in [5.41, 5.74) is 1.15. The fourth-order valence-electron chi connectivity index (χ4n) is 5.18. The molecule has 0 radical (unpaired) electrons. The fraction of sp³-hybridized carbons (Fsp3) is 0.484. The van der Waals surface area contributed by atoms with Gasteiger partial charge in [0.2, 0.25) is 17.7 Å². The number of unbranched alkanes of at least 4 members (excludes halogenated alkanes) is 1. The van der Waals surface area contributed by atoms with Crippen molar-refractivity contribution in [1.82, 2.24) is 25.8 Å². The lowest BCUT2D eigenvalue weighted by atomic mass is 10.0. The maximum atomic E-state index is 13.4. The first kappa shape index (κ1) is 30.0. The standard InChI is InChI=1S/C31H41N5O5/c1-35-19-20-41-27-14-6-5-13-24(27)29(38)34-25(30(39)32-15-7-8-16-36-17-9-10-18-36)22-28(37)33-26(31(35)40)21-23-11-3-2-4-12-23/h2-6,11-14,25-26H,7-10,15-22H2,1H3,(H,32,39)(H,33,37)(H,34,38)/t25-,26-/m0/s1. The van der Waals surface area contributed by atoms with Crippen LogP contribution in [0.5, 0.6) is 5.75 Å². The topological polar surface area (TPSA) is 120 Å². The van der Waals surface area contributed by atoms with Crippen LogP contribution >= 0.6 is 0 Å². The third kappa shape index (κ3) is 9.04. The number of likely N-dealkylation sites (N-methyl/N-ethyl adjacent to an activating group) is 1. The highest BCUT2D eigenvalue weighted by atomic mass is 16.5. The van der Waals surface area contributed by atoms with Gasteiger partial charge in [-0.25, -0.2) is 0 Å². The van der Waals surface area contributed by atoms with Crippen molar-refractivity contribution in [2.45, 2.75) is 50.6 Å². The molecular weight excluding hydrogens is 522 g/mol. The van der Waals surface area contributed by atoms with Gasteiger partial charge in [-0.3, -0.25) is 19.2 Å². The van der Waals surface area contributed by atoms with Crippen LogP contribution in [0.4, 0.5) is 0 Å². The number of carbonyl (C=O) groups excluding carboxylic acids is 4. The molecule has 2 atom stereocenters. The van der Waals surface area contributed by atoms with E-state index in [2.05, 4.69) is 20.9 Å². The van der Waals surface area contributed by atoms with E-state index in [1.54, 1.807) is 31.3 Å². The van der Waals surface area contributed by atoms with Gasteiger partial charge in [-0.05, 0) is 63.0 Å². The summed E-state index contributed by atoms with van der Waals surface area (Å²) in [4.78, 5) is 57.1. The van der Waals surface area contributed by atoms with E-state index in [9.17, 15) is 19.2 Å². The van der Waals surface area contributed by atoms with Crippen LogP contribution in [0.1, 0.15) is 48.0 Å². The van der Waals surface area contributed by atoms with Crippen LogP contribution in [-0.2, 0) is 20.8 Å². The molecule has 2 aromatic carbocycles. The third-order valence-corrected chi connectivity index (χ3v) is 7.52. The Balaban J connectivity index is 1.48. The zero-order chi connectivity index (χ0) is 29.0. The number of amides is 4. The highest BCUT2D eigenvalue weighted by Gasteiger charge is 2.30. The Morgan fingerprint density at radius 1 is 0.951 bits per heavy atom. The molecule has 4 rings (SSSR count). The molecule has 2 aliphatic rings. The van der Waals surface area contributed by atoms with E-state index in [0.717, 1.165) is 38.0 Å². The molecule has 1 saturated heterocycles. The Kier molecular flexibility index (Phi) is 11.1. The molecule has 3 N–H and O–H groups in total. The van der Waals surface area contributed by atoms with Crippen molar-refractivity contribution in [3.8, 4) is 5.75 Å². The number of nitrogens with zero attached hydrogens (tertiary/aromatic N) is 2. The van der Waals surface area contributed by atoms with Crippen LogP contribution in [0.25, 0.3) is 0 Å². The van der Waals surface area contributed by atoms with E-state index in [4.69, 9.17) is 4.74 Å². The number of carbonyl (C=O) groups is 4. The minimum Gasteiger partial charge on any atom is -0.491 e. The van der Waals surface area contributed by atoms with Gasteiger partial charge in [0.05, 0.1) is 18.5 Å². The number of hydrogen-bond acceptors (Lipinski definition) is 6. The molecule has 220 valence electrons. The molecule has 0 saturated carbocycles. The molecule has 2 aliphatic heterocycles. The molecular formula is C31H41N5O5. The zero-order valence-corrected chi connectivity index (χ0v) is 23.8. The lowest BCUT2D eigenvalue weighted by Gasteiger charge is -2.27. The minimum absolute atomic E-state index is 0.153. The summed E-state index contributed by atoms with van der Waals surface area (Å²) in [5.74, 6) is -1.37. The van der Waals surface area contributed by atoms with Crippen molar-refractivity contribution in [1.29, 1.82) is 0 Å². The second-order valence-electron chi connectivity index (χ2n) is 10.7. The van der Waals surface area contributed by atoms with Crippen LogP contribution in [0.3, 0.4) is 0 Å². The average Bonchev–Trinajstić information content (AvgIpc) is 3.49. The summed E-state index contributed by atoms with van der Waals surface area (Å²) in [5, 5.41) is 8.44. The van der Waals surface area contributed by atoms with Gasteiger partial charge in [0, 0.05) is 20.0 Å². The first-order valence-electron chi connectivity index (χ1n) is 14.5. The summed E-state index contributed by atoms with van der Waals surface area (Å²) >= 11 is 0. The zero-order valence-electron chi connectivity index (χ0n) is 23.8. The number of benzene rings is 2. The second kappa shape index (κ2) is 15.2. The predicted molar refractivity (Wildman–Crippen MR) is 155 cm³/mol. The van der Waals surface area contributed by atoms with Crippen LogP contribution < -0.4 is 20.7 Å². The molecule has 10 heteroatoms. The highest BCUT2D eigenvalue weighted by Crippen LogP contribution is 2.19. The third-order valence-electron chi connectivity index (χ3n) is 7.52. The molecule has 0 aromatic heterocycles. The maximum Gasteiger partial charge on any atom is 0.255 e. The van der Waals surface area contributed by atoms with Crippen LogP contribution in [0.15, 0.2) is 54.6 Å². The molecule has 10 nitrogen and oxygen atoms in total. The molecule has 1 fully saturated rings. The normalized spacial score (nSPS) is 20.8. The lowest BCUT2D eigenvalue weighted by Crippen LogP contribution is -2.53. The van der Waals surface area contributed by atoms with Crippen molar-refractivity contribution < 1.29 is 23.9 Å². The Hall–Kier alpha value is -3.92. The van der Waals surface area contributed by atoms with Crippen LogP contribution in [-0.4, -0.2) is 91.9 Å². The van der Waals surface area contributed by atoms with E-state index in [0.29, 0.717) is 18.7 Å². The van der Waals surface area contributed by atoms with Crippen molar-refractivity contribution in [2.75, 3.05) is 46.4 Å². The maximum absolute atomic E-state index is 13.4. The molecule has 0 unspecified atom stereocenters. The van der Waals surface area contributed by atoms with E-state index in [-0.39, 0.29) is 31.0 Å². The quantitative estimate of drug-likeness (QED) is 0.421. The summed E-state index contributed by atoms with van der Waals surface area (Å²) in [6, 6.07) is 14.2. The molecule has 2 heterocycles. The molecule has 41 heavy (non-hydrogen) atoms. The number of likely N-dealkylation sites (tertiary alicyclic amines) is 1. The van der Waals surface area contributed by atoms with Gasteiger partial charge >= 0.3 is 0 Å². The van der Waals surface area contributed by atoms with Crippen molar-refractivity contribution in [2.24, 2.45) is 0 Å². The lowest BCUT2D eigenvalue weighted by molar-refractivity contribution is -0.136. The summed E-state index contributed by atoms with van der Waals surface area (Å²) in [7, 11) is 1.65. The molecule has 4 amide bonds. The van der Waals surface area contributed by atoms with E-state index in [1.165, 1.54) is 17.7 Å². The number of hydrogen-bond donors (Lipinski definition) is 3. The number of rotatable bonds is 8. The van der Waals surface area contributed by atoms with Crippen molar-refractivity contribution in [3.05, 3.63) is 65.7 Å². The fourth-order valence-corrected chi connectivity index (χ4v) is 5.18. The molecule has 2 aromatic rings. The Morgan fingerprint density at radius 2 is 1.68 bits per heavy atom. The predicted octanol–water partition coefficient (Wildman–Crippen LogP) is 1.75. The first-order chi connectivity index (χ1) is 19.9. The second-order valence-corrected chi connectivity index (χ2v) is 10.7. The average molecular weight is 564 g/mol. The minimum atomic E-state index is -1.12. The smallest absolute Gasteiger partial charge is 0.255 e. The van der Waals surface area contributed by atoms with Crippen LogP contribution in [0, 0.1) is 0 Å². The van der Waals surface area contributed by atoms with E-state index in [1.807, 2.05) is 30.3 Å². The van der Waals surface area contributed by atoms with Gasteiger partial charge in [0.1, 0.15) is 24.4 Å². The monoisotopic (exact) mass is 563 g/mol. The Bertz CT molecular complexity index is 1180. The summed E-state index contributed by atoms with van der Waals surface area (Å²) < 4.78 is 5.88. The molecule has 0 spiro atoms. The van der Waals surface area contributed by atoms with E-state index >= 15 is 0 Å². The van der Waals surface area contributed by atoms with Crippen LogP contribution in [0.2, 0.25) is 0 Å². The highest BCUT2D eigenvalue weighted by molar-refractivity contribution is 6.01. The Morgan fingerprint density at radius 3 is 2.46 bits per heavy atom. The summed E-state index contributed by atoms with van der Waals surface area (Å²) in [6.07, 6.45) is 4.21. The van der Waals surface area contributed by atoms with Gasteiger partial charge in [0.25, 0.3) is 5.91 Å². The molecule has 0 bridgehead atoms. The van der Waals surface area contributed by atoms with Gasteiger partial charge in [-0.1, -0.05) is 42.5 Å². The van der Waals surface area contributed by atoms with E-state index < -0.39 is 29.8 Å².